The molecule has 0 aromatic carbocycles. The van der Waals surface area contributed by atoms with Crippen LogP contribution < -0.4 is 15.3 Å². The molecule has 0 aliphatic rings. The zero-order valence-electron chi connectivity index (χ0n) is 8.35. The maximum absolute atomic E-state index is 10.1. The summed E-state index contributed by atoms with van der Waals surface area (Å²) in [5, 5.41) is 38.9. The summed E-state index contributed by atoms with van der Waals surface area (Å²) in [7, 11) is -4.33. The Hall–Kier alpha value is -1.34. The second kappa shape index (κ2) is 7.17. The first-order valence-corrected chi connectivity index (χ1v) is 6.11. The van der Waals surface area contributed by atoms with E-state index in [2.05, 4.69) is 11.2 Å². The van der Waals surface area contributed by atoms with Gasteiger partial charge in [0.15, 0.2) is 0 Å². The predicted octanol–water partition coefficient (Wildman–Crippen LogP) is -6.26. The average molecular weight is 301 g/mol. The lowest BCUT2D eigenvalue weighted by Gasteiger charge is -2.29. The number of rotatable bonds is 5. The maximum Gasteiger partial charge on any atom is 0.114 e. The molecule has 0 aliphatic heterocycles. The van der Waals surface area contributed by atoms with Crippen molar-refractivity contribution in [2.24, 2.45) is 0 Å². The SMILES string of the molecule is O=C([O-])CC(O)(CC(=O)[O-])C(=O)[O-].O=S([O-])([O-])=S. The van der Waals surface area contributed by atoms with Crippen molar-refractivity contribution in [3.05, 3.63) is 0 Å². The molecule has 1 N–H and O–H groups in total. The third-order valence-corrected chi connectivity index (χ3v) is 1.25. The van der Waals surface area contributed by atoms with Crippen LogP contribution in [0.1, 0.15) is 12.8 Å². The van der Waals surface area contributed by atoms with Gasteiger partial charge in [-0.3, -0.25) is 4.21 Å². The normalized spacial score (nSPS) is 11.1. The fraction of sp³-hybridized carbons (Fsp3) is 0.500. The fourth-order valence-electron chi connectivity index (χ4n) is 0.684. The first-order chi connectivity index (χ1) is 7.78. The van der Waals surface area contributed by atoms with Crippen molar-refractivity contribution in [3.8, 4) is 0 Å². The van der Waals surface area contributed by atoms with Gasteiger partial charge in [-0.15, -0.1) is 9.05 Å². The maximum atomic E-state index is 10.1. The van der Waals surface area contributed by atoms with Gasteiger partial charge in [0.05, 0.1) is 5.97 Å². The molecule has 0 amide bonds. The van der Waals surface area contributed by atoms with Crippen LogP contribution in [0, 0.1) is 0 Å². The summed E-state index contributed by atoms with van der Waals surface area (Å²) in [5.41, 5.74) is -2.97. The van der Waals surface area contributed by atoms with Gasteiger partial charge in [0.1, 0.15) is 5.60 Å². The van der Waals surface area contributed by atoms with E-state index < -0.39 is 45.4 Å². The molecule has 0 atom stereocenters. The third kappa shape index (κ3) is 12.7. The zero-order valence-corrected chi connectivity index (χ0v) is 9.99. The van der Waals surface area contributed by atoms with Crippen LogP contribution in [-0.4, -0.2) is 41.9 Å². The molecule has 18 heavy (non-hydrogen) atoms. The topological polar surface area (TPSA) is 204 Å². The smallest absolute Gasteiger partial charge is 0.114 e. The van der Waals surface area contributed by atoms with Crippen LogP contribution in [0.25, 0.3) is 0 Å². The van der Waals surface area contributed by atoms with E-state index in [9.17, 15) is 29.7 Å². The minimum absolute atomic E-state index is 1.36. The van der Waals surface area contributed by atoms with Crippen molar-refractivity contribution >= 4 is 38.1 Å². The van der Waals surface area contributed by atoms with E-state index in [-0.39, 0.29) is 0 Å². The minimum Gasteiger partial charge on any atom is -0.780 e. The Morgan fingerprint density at radius 2 is 1.28 bits per heavy atom. The molecule has 0 radical (unpaired) electrons. The van der Waals surface area contributed by atoms with Crippen LogP contribution >= 0.6 is 0 Å². The van der Waals surface area contributed by atoms with Crippen molar-refractivity contribution in [3.63, 3.8) is 0 Å². The summed E-state index contributed by atoms with van der Waals surface area (Å²) >= 11 is 3.24. The standard InChI is InChI=1S/C6H8O7.H2O3S2/c7-3(8)1-6(13,5(11)12)2-4(9)10;1-5(2,3)4/h13H,1-2H2,(H,7,8)(H,9,10)(H,11,12);(H2,1,2,3,4)/p-5. The number of carbonyl (C=O) groups is 3. The number of carboxylic acids is 3. The Bertz CT molecular complexity index is 400. The minimum atomic E-state index is -4.33. The van der Waals surface area contributed by atoms with Gasteiger partial charge in [0.25, 0.3) is 0 Å². The Kier molecular flexibility index (Phi) is 7.58. The molecule has 0 aromatic rings. The highest BCUT2D eigenvalue weighted by atomic mass is 32.9. The van der Waals surface area contributed by atoms with Crippen LogP contribution in [0.2, 0.25) is 0 Å². The van der Waals surface area contributed by atoms with Crippen molar-refractivity contribution in [1.29, 1.82) is 0 Å². The van der Waals surface area contributed by atoms with Gasteiger partial charge in [-0.2, -0.15) is 0 Å². The Morgan fingerprint density at radius 3 is 1.39 bits per heavy atom. The second-order valence-electron chi connectivity index (χ2n) is 2.82. The van der Waals surface area contributed by atoms with Crippen molar-refractivity contribution in [2.45, 2.75) is 18.4 Å². The van der Waals surface area contributed by atoms with Gasteiger partial charge in [0, 0.05) is 24.8 Å². The largest absolute Gasteiger partial charge is 0.780 e. The average Bonchev–Trinajstić information content (AvgIpc) is 1.95. The molecule has 0 aromatic heterocycles. The number of carbonyl (C=O) groups excluding carboxylic acids is 3. The molecule has 0 aliphatic carbocycles. The molecular weight excluding hydrogens is 296 g/mol. The van der Waals surface area contributed by atoms with E-state index in [4.69, 9.17) is 18.4 Å². The number of aliphatic carboxylic acids is 3. The lowest BCUT2D eigenvalue weighted by molar-refractivity contribution is -0.339. The van der Waals surface area contributed by atoms with E-state index in [0.29, 0.717) is 0 Å². The summed E-state index contributed by atoms with van der Waals surface area (Å²) in [6.07, 6.45) is -2.72. The molecule has 0 rings (SSSR count). The second-order valence-corrected chi connectivity index (χ2v) is 4.87. The van der Waals surface area contributed by atoms with Gasteiger partial charge >= 0.3 is 0 Å². The molecule has 12 heteroatoms. The molecule has 10 nitrogen and oxygen atoms in total. The predicted molar refractivity (Wildman–Crippen MR) is 46.3 cm³/mol. The summed E-state index contributed by atoms with van der Waals surface area (Å²) in [4.78, 5) is 30.0. The number of aliphatic hydroxyl groups is 1. The van der Waals surface area contributed by atoms with Gasteiger partial charge in [0.2, 0.25) is 0 Å². The lowest BCUT2D eigenvalue weighted by Crippen LogP contribution is -2.54. The lowest BCUT2D eigenvalue weighted by atomic mass is 9.96. The van der Waals surface area contributed by atoms with E-state index in [1.54, 1.807) is 0 Å². The van der Waals surface area contributed by atoms with E-state index in [1.165, 1.54) is 0 Å². The van der Waals surface area contributed by atoms with E-state index >= 15 is 0 Å². The molecule has 0 unspecified atom stereocenters. The van der Waals surface area contributed by atoms with Crippen LogP contribution in [0.5, 0.6) is 0 Å². The van der Waals surface area contributed by atoms with Crippen molar-refractivity contribution in [2.75, 3.05) is 0 Å². The monoisotopic (exact) mass is 301 g/mol. The molecule has 106 valence electrons. The molecule has 0 heterocycles. The van der Waals surface area contributed by atoms with E-state index in [1.807, 2.05) is 0 Å². The number of hydrogen-bond acceptors (Lipinski definition) is 11. The first kappa shape index (κ1) is 19.0. The van der Waals surface area contributed by atoms with Crippen molar-refractivity contribution < 1.29 is 48.1 Å². The summed E-state index contributed by atoms with van der Waals surface area (Å²) < 4.78 is 26.7. The highest BCUT2D eigenvalue weighted by Gasteiger charge is 2.29. The molecule has 0 saturated heterocycles. The quantitative estimate of drug-likeness (QED) is 0.505. The van der Waals surface area contributed by atoms with Crippen LogP contribution in [0.4, 0.5) is 0 Å². The number of carboxylic acid groups (broad SMARTS) is 3. The number of hydrogen-bond donors (Lipinski definition) is 1. The van der Waals surface area contributed by atoms with Crippen LogP contribution in [-0.2, 0) is 34.6 Å². The zero-order chi connectivity index (χ0) is 15.1. The van der Waals surface area contributed by atoms with Crippen molar-refractivity contribution in [1.82, 2.24) is 0 Å². The highest BCUT2D eigenvalue weighted by Crippen LogP contribution is 2.13. The van der Waals surface area contributed by atoms with Gasteiger partial charge in [-0.05, 0) is 11.2 Å². The highest BCUT2D eigenvalue weighted by molar-refractivity contribution is 8.26. The molecule has 0 bridgehead atoms. The molecule has 0 spiro atoms. The molecular formula is C6H5O10S2-5. The third-order valence-electron chi connectivity index (χ3n) is 1.25. The molecule has 0 fully saturated rings. The summed E-state index contributed by atoms with van der Waals surface area (Å²) in [6, 6.07) is 0. The fourth-order valence-corrected chi connectivity index (χ4v) is 0.684. The first-order valence-electron chi connectivity index (χ1n) is 3.78. The van der Waals surface area contributed by atoms with E-state index in [0.717, 1.165) is 0 Å². The Balaban J connectivity index is 0. The summed E-state index contributed by atoms with van der Waals surface area (Å²) in [5.74, 6) is -5.98. The van der Waals surface area contributed by atoms with Gasteiger partial charge in [-0.1, -0.05) is 0 Å². The summed E-state index contributed by atoms with van der Waals surface area (Å²) in [6.45, 7) is 0. The molecule has 0 saturated carbocycles. The van der Waals surface area contributed by atoms with Gasteiger partial charge in [-0.25, -0.2) is 0 Å². The van der Waals surface area contributed by atoms with Gasteiger partial charge < -0.3 is 43.9 Å². The Morgan fingerprint density at radius 1 is 1.06 bits per heavy atom. The van der Waals surface area contributed by atoms with Crippen LogP contribution in [0.3, 0.4) is 0 Å². The Labute approximate surface area is 105 Å². The van der Waals surface area contributed by atoms with Crippen LogP contribution in [0.15, 0.2) is 0 Å².